The minimum absolute atomic E-state index is 0. The molecular formula is C34H50CoN4O4. The van der Waals surface area contributed by atoms with E-state index in [4.69, 9.17) is 10.6 Å². The van der Waals surface area contributed by atoms with Crippen molar-refractivity contribution in [1.82, 2.24) is 10.6 Å². The van der Waals surface area contributed by atoms with Crippen molar-refractivity contribution in [2.24, 2.45) is 23.7 Å². The normalized spacial score (nSPS) is 40.8. The number of carboxylic acids is 2. The van der Waals surface area contributed by atoms with Gasteiger partial charge in [-0.25, -0.2) is 0 Å². The number of aliphatic carboxylic acids is 2. The molecule has 43 heavy (non-hydrogen) atoms. The number of hydrogen-bond donors (Lipinski definition) is 4. The van der Waals surface area contributed by atoms with Crippen LogP contribution in [0.4, 0.5) is 0 Å². The van der Waals surface area contributed by atoms with Crippen LogP contribution in [-0.4, -0.2) is 70.5 Å². The molecule has 0 aromatic carbocycles. The number of nitrogens with one attached hydrogen (secondary N) is 2. The van der Waals surface area contributed by atoms with Crippen molar-refractivity contribution in [3.05, 3.63) is 58.2 Å². The van der Waals surface area contributed by atoms with Crippen LogP contribution >= 0.6 is 0 Å². The second-order valence-electron chi connectivity index (χ2n) is 13.6. The second-order valence-corrected chi connectivity index (χ2v) is 13.6. The Bertz CT molecular complexity index is 1150. The predicted octanol–water partition coefficient (Wildman–Crippen LogP) is 5.73. The van der Waals surface area contributed by atoms with Gasteiger partial charge in [-0.05, 0) is 63.9 Å². The van der Waals surface area contributed by atoms with Crippen molar-refractivity contribution in [3.8, 4) is 0 Å². The van der Waals surface area contributed by atoms with E-state index in [1.807, 2.05) is 6.08 Å². The van der Waals surface area contributed by atoms with Crippen LogP contribution in [0.15, 0.2) is 47.6 Å². The van der Waals surface area contributed by atoms with E-state index in [2.05, 4.69) is 57.6 Å². The predicted molar refractivity (Wildman–Crippen MR) is 167 cm³/mol. The third-order valence-electron chi connectivity index (χ3n) is 11.5. The maximum Gasteiger partial charge on any atom is 2.00 e. The Hall–Kier alpha value is -1.75. The van der Waals surface area contributed by atoms with Gasteiger partial charge >= 0.3 is 28.7 Å². The molecule has 3 saturated heterocycles. The van der Waals surface area contributed by atoms with E-state index in [0.717, 1.165) is 25.7 Å². The van der Waals surface area contributed by atoms with Gasteiger partial charge in [0.25, 0.3) is 0 Å². The number of rotatable bonds is 8. The molecule has 5 heterocycles. The molecule has 0 aromatic rings. The molecule has 0 amide bonds. The van der Waals surface area contributed by atoms with E-state index in [0.29, 0.717) is 24.7 Å². The molecule has 0 aromatic heterocycles. The first-order chi connectivity index (χ1) is 20.0. The van der Waals surface area contributed by atoms with E-state index >= 15 is 0 Å². The van der Waals surface area contributed by atoms with Crippen LogP contribution in [0, 0.1) is 23.7 Å². The quantitative estimate of drug-likeness (QED) is 0.252. The maximum absolute atomic E-state index is 11.6. The molecular weight excluding hydrogens is 587 g/mol. The molecule has 3 fully saturated rings. The first kappa shape index (κ1) is 34.1. The van der Waals surface area contributed by atoms with Gasteiger partial charge in [-0.2, -0.15) is 0 Å². The summed E-state index contributed by atoms with van der Waals surface area (Å²) in [6.07, 6.45) is 8.95. The summed E-state index contributed by atoms with van der Waals surface area (Å²) in [6, 6.07) is 1.11. The molecule has 9 heteroatoms. The van der Waals surface area contributed by atoms with Gasteiger partial charge in [0.2, 0.25) is 0 Å². The molecule has 0 spiro atoms. The van der Waals surface area contributed by atoms with E-state index in [1.54, 1.807) is 0 Å². The number of hydrogen-bond acceptors (Lipinski definition) is 4. The molecule has 5 aliphatic heterocycles. The minimum atomic E-state index is -0.783. The third-order valence-corrected chi connectivity index (χ3v) is 11.5. The van der Waals surface area contributed by atoms with E-state index in [9.17, 15) is 19.8 Å². The fourth-order valence-electron chi connectivity index (χ4n) is 9.02. The van der Waals surface area contributed by atoms with Crippen LogP contribution in [0.5, 0.6) is 0 Å². The Labute approximate surface area is 267 Å². The summed E-state index contributed by atoms with van der Waals surface area (Å²) in [6.45, 7) is 17.3. The average Bonchev–Trinajstić information content (AvgIpc) is 3.59. The molecule has 12 atom stereocenters. The standard InChI is InChI=1S/C34H50N4O4.Co/c1-7-21-17(3)25-13-26-19(5)23(9-11-33(39)40)31(37-26)16-32-24(10-12-34(41)42)20(6)28(38-32)15-30-22(8-2)18(4)27(36-30)14-29(21)35-25;/h7-8,17,20-21,24-32,36-37H,1-2,9-16H2,3-6H3,(H,39,40)(H,41,42);/q-2;+2. The Morgan fingerprint density at radius 1 is 0.814 bits per heavy atom. The van der Waals surface area contributed by atoms with Crippen LogP contribution in [0.1, 0.15) is 79.1 Å². The third kappa shape index (κ3) is 6.92. The summed E-state index contributed by atoms with van der Waals surface area (Å²) in [5, 5.41) is 37.7. The van der Waals surface area contributed by atoms with E-state index in [-0.39, 0.29) is 89.8 Å². The fraction of sp³-hybridized carbons (Fsp3) is 0.706. The Morgan fingerprint density at radius 3 is 2.02 bits per heavy atom. The molecule has 4 N–H and O–H groups in total. The zero-order chi connectivity index (χ0) is 30.3. The van der Waals surface area contributed by atoms with Gasteiger partial charge in [0.1, 0.15) is 0 Å². The molecule has 5 aliphatic rings. The average molecular weight is 638 g/mol. The van der Waals surface area contributed by atoms with Crippen molar-refractivity contribution < 1.29 is 36.6 Å². The molecule has 8 nitrogen and oxygen atoms in total. The smallest absolute Gasteiger partial charge is 0.656 e. The zero-order valence-electron chi connectivity index (χ0n) is 26.1. The number of fused-ring (bicyclic) bond motifs is 8. The van der Waals surface area contributed by atoms with Gasteiger partial charge in [-0.3, -0.25) is 9.59 Å². The van der Waals surface area contributed by atoms with Crippen molar-refractivity contribution in [2.45, 2.75) is 127 Å². The largest absolute Gasteiger partial charge is 2.00 e. The zero-order valence-corrected chi connectivity index (χ0v) is 27.1. The SMILES string of the molecule is C=CC1=C(C)C2CC3[N-]C(CC4NC(CC5[N-]C(CC1N2)C(C)C5CCC(=O)O)C(CCC(=O)O)=C4C)C(C)C3C=C.[Co+2]. The first-order valence-electron chi connectivity index (χ1n) is 16.0. The van der Waals surface area contributed by atoms with Crippen LogP contribution < -0.4 is 10.6 Å². The summed E-state index contributed by atoms with van der Waals surface area (Å²) < 4.78 is 0. The van der Waals surface area contributed by atoms with Gasteiger partial charge in [0, 0.05) is 37.0 Å². The van der Waals surface area contributed by atoms with Crippen molar-refractivity contribution in [2.75, 3.05) is 0 Å². The Morgan fingerprint density at radius 2 is 1.37 bits per heavy atom. The van der Waals surface area contributed by atoms with Crippen molar-refractivity contribution in [3.63, 3.8) is 0 Å². The van der Waals surface area contributed by atoms with Crippen LogP contribution in [0.25, 0.3) is 10.6 Å². The number of carboxylic acid groups (broad SMARTS) is 2. The monoisotopic (exact) mass is 637 g/mol. The first-order valence-corrected chi connectivity index (χ1v) is 16.0. The fourth-order valence-corrected chi connectivity index (χ4v) is 9.02. The summed E-state index contributed by atoms with van der Waals surface area (Å²) in [4.78, 5) is 23.2. The minimum Gasteiger partial charge on any atom is -0.656 e. The van der Waals surface area contributed by atoms with Gasteiger partial charge in [0.15, 0.2) is 0 Å². The molecule has 12 unspecified atom stereocenters. The van der Waals surface area contributed by atoms with E-state index in [1.165, 1.54) is 22.3 Å². The Balaban J connectivity index is 0.00000423. The summed E-state index contributed by atoms with van der Waals surface area (Å²) >= 11 is 0. The number of nitrogens with zero attached hydrogens (tertiary/aromatic N) is 2. The maximum atomic E-state index is 11.6. The van der Waals surface area contributed by atoms with Crippen molar-refractivity contribution in [1.29, 1.82) is 0 Å². The van der Waals surface area contributed by atoms with Crippen molar-refractivity contribution >= 4 is 11.9 Å². The molecule has 5 rings (SSSR count). The summed E-state index contributed by atoms with van der Waals surface area (Å²) in [7, 11) is 0. The van der Waals surface area contributed by atoms with Gasteiger partial charge in [0.05, 0.1) is 0 Å². The van der Waals surface area contributed by atoms with Crippen LogP contribution in [0.2, 0.25) is 0 Å². The van der Waals surface area contributed by atoms with Crippen LogP contribution in [0.3, 0.4) is 0 Å². The second kappa shape index (κ2) is 14.1. The van der Waals surface area contributed by atoms with Crippen LogP contribution in [-0.2, 0) is 26.4 Å². The molecule has 8 bridgehead atoms. The van der Waals surface area contributed by atoms with E-state index < -0.39 is 11.9 Å². The Kier molecular flexibility index (Phi) is 11.2. The molecule has 0 saturated carbocycles. The number of carbonyl (C=O) groups is 2. The molecule has 1 radical (unpaired) electrons. The van der Waals surface area contributed by atoms with Gasteiger partial charge in [-0.15, -0.1) is 30.7 Å². The van der Waals surface area contributed by atoms with Gasteiger partial charge < -0.3 is 31.5 Å². The molecule has 239 valence electrons. The summed E-state index contributed by atoms with van der Waals surface area (Å²) in [5.41, 5.74) is 5.07. The molecule has 0 aliphatic carbocycles. The summed E-state index contributed by atoms with van der Waals surface area (Å²) in [5.74, 6) is -0.406. The van der Waals surface area contributed by atoms with Gasteiger partial charge in [-0.1, -0.05) is 67.1 Å². The topological polar surface area (TPSA) is 127 Å².